The normalized spacial score (nSPS) is 10.3. The van der Waals surface area contributed by atoms with Gasteiger partial charge in [-0.15, -0.1) is 0 Å². The Labute approximate surface area is 115 Å². The third-order valence-corrected chi connectivity index (χ3v) is 3.03. The molecule has 2 rings (SSSR count). The van der Waals surface area contributed by atoms with Crippen LogP contribution in [0.15, 0.2) is 30.3 Å². The van der Waals surface area contributed by atoms with Crippen LogP contribution in [-0.2, 0) is 0 Å². The van der Waals surface area contributed by atoms with Gasteiger partial charge in [-0.2, -0.15) is 0 Å². The van der Waals surface area contributed by atoms with E-state index in [0.29, 0.717) is 5.75 Å². The van der Waals surface area contributed by atoms with Gasteiger partial charge in [0.2, 0.25) is 5.88 Å². The van der Waals surface area contributed by atoms with Crippen LogP contribution in [0.25, 0.3) is 0 Å². The minimum absolute atomic E-state index is 0.00583. The first-order valence-corrected chi connectivity index (χ1v) is 6.00. The number of aryl methyl sites for hydroxylation is 1. The van der Waals surface area contributed by atoms with Crippen molar-refractivity contribution in [3.8, 4) is 11.6 Å². The second-order valence-corrected chi connectivity index (χ2v) is 4.48. The number of rotatable bonds is 3. The molecule has 19 heavy (non-hydrogen) atoms. The number of hydrogen-bond acceptors (Lipinski definition) is 3. The van der Waals surface area contributed by atoms with Crippen LogP contribution in [0.2, 0.25) is 5.15 Å². The van der Waals surface area contributed by atoms with Crippen molar-refractivity contribution in [2.75, 3.05) is 0 Å². The molecule has 0 atom stereocenters. The lowest BCUT2D eigenvalue weighted by Gasteiger charge is -2.11. The highest BCUT2D eigenvalue weighted by Gasteiger charge is 2.15. The third-order valence-electron chi connectivity index (χ3n) is 2.82. The van der Waals surface area contributed by atoms with E-state index in [-0.39, 0.29) is 16.6 Å². The van der Waals surface area contributed by atoms with Gasteiger partial charge in [-0.25, -0.2) is 9.78 Å². The molecule has 0 aliphatic heterocycles. The Morgan fingerprint density at radius 1 is 1.26 bits per heavy atom. The van der Waals surface area contributed by atoms with E-state index in [2.05, 4.69) is 4.98 Å². The highest BCUT2D eigenvalue weighted by atomic mass is 35.5. The van der Waals surface area contributed by atoms with Crippen LogP contribution in [0.3, 0.4) is 0 Å². The van der Waals surface area contributed by atoms with Crippen molar-refractivity contribution in [1.82, 2.24) is 4.98 Å². The average molecular weight is 278 g/mol. The van der Waals surface area contributed by atoms with E-state index < -0.39 is 5.97 Å². The molecule has 0 saturated carbocycles. The van der Waals surface area contributed by atoms with Crippen LogP contribution in [0, 0.1) is 13.8 Å². The van der Waals surface area contributed by atoms with E-state index in [0.717, 1.165) is 11.1 Å². The number of nitrogens with zero attached hydrogens (tertiary/aromatic N) is 1. The average Bonchev–Trinajstić information content (AvgIpc) is 2.35. The molecular formula is C14H12ClNO3. The Kier molecular flexibility index (Phi) is 3.71. The first kappa shape index (κ1) is 13.4. The molecule has 2 aromatic rings. The molecule has 1 aromatic heterocycles. The fourth-order valence-corrected chi connectivity index (χ4v) is 1.74. The summed E-state index contributed by atoms with van der Waals surface area (Å²) in [5, 5.41) is 9.28. The highest BCUT2D eigenvalue weighted by Crippen LogP contribution is 2.28. The molecule has 0 bridgehead atoms. The number of ether oxygens (including phenoxy) is 1. The molecule has 5 heteroatoms. The summed E-state index contributed by atoms with van der Waals surface area (Å²) in [7, 11) is 0. The summed E-state index contributed by atoms with van der Waals surface area (Å²) in [5.74, 6) is -0.546. The molecular weight excluding hydrogens is 266 g/mol. The van der Waals surface area contributed by atoms with Gasteiger partial charge in [-0.05, 0) is 43.2 Å². The van der Waals surface area contributed by atoms with Crippen LogP contribution in [0.5, 0.6) is 11.6 Å². The highest BCUT2D eigenvalue weighted by molar-refractivity contribution is 6.29. The van der Waals surface area contributed by atoms with Gasteiger partial charge in [0.1, 0.15) is 16.5 Å². The molecule has 98 valence electrons. The van der Waals surface area contributed by atoms with Gasteiger partial charge in [0.25, 0.3) is 0 Å². The van der Waals surface area contributed by atoms with Crippen molar-refractivity contribution >= 4 is 17.6 Å². The van der Waals surface area contributed by atoms with Gasteiger partial charge in [-0.1, -0.05) is 23.7 Å². The largest absolute Gasteiger partial charge is 0.477 e. The molecule has 0 aliphatic carbocycles. The zero-order valence-corrected chi connectivity index (χ0v) is 11.2. The van der Waals surface area contributed by atoms with E-state index >= 15 is 0 Å². The third kappa shape index (κ3) is 2.85. The summed E-state index contributed by atoms with van der Waals surface area (Å²) in [6.07, 6.45) is 0. The number of hydrogen-bond donors (Lipinski definition) is 1. The predicted octanol–water partition coefficient (Wildman–Crippen LogP) is 3.84. The summed E-state index contributed by atoms with van der Waals surface area (Å²) in [4.78, 5) is 15.0. The van der Waals surface area contributed by atoms with E-state index in [9.17, 15) is 4.79 Å². The van der Waals surface area contributed by atoms with E-state index in [1.165, 1.54) is 12.1 Å². The van der Waals surface area contributed by atoms with Crippen molar-refractivity contribution in [1.29, 1.82) is 0 Å². The molecule has 1 N–H and O–H groups in total. The Balaban J connectivity index is 2.45. The van der Waals surface area contributed by atoms with Crippen LogP contribution in [0.1, 0.15) is 21.5 Å². The molecule has 0 radical (unpaired) electrons. The van der Waals surface area contributed by atoms with Gasteiger partial charge in [-0.3, -0.25) is 0 Å². The molecule has 1 aromatic carbocycles. The van der Waals surface area contributed by atoms with E-state index in [4.69, 9.17) is 21.4 Å². The fraction of sp³-hybridized carbons (Fsp3) is 0.143. The van der Waals surface area contributed by atoms with E-state index in [1.807, 2.05) is 26.0 Å². The number of pyridine rings is 1. The number of aromatic nitrogens is 1. The Hall–Kier alpha value is -2.07. The number of carboxylic acids is 1. The SMILES string of the molecule is Cc1cccc(Oc2nc(Cl)ccc2C(=O)O)c1C. The maximum absolute atomic E-state index is 11.1. The molecule has 0 unspecified atom stereocenters. The van der Waals surface area contributed by atoms with Crippen molar-refractivity contribution in [3.05, 3.63) is 52.2 Å². The van der Waals surface area contributed by atoms with E-state index in [1.54, 1.807) is 6.07 Å². The van der Waals surface area contributed by atoms with Crippen LogP contribution >= 0.6 is 11.6 Å². The second-order valence-electron chi connectivity index (χ2n) is 4.09. The number of carbonyl (C=O) groups is 1. The van der Waals surface area contributed by atoms with Gasteiger partial charge in [0.15, 0.2) is 0 Å². The van der Waals surface area contributed by atoms with Crippen LogP contribution in [-0.4, -0.2) is 16.1 Å². The lowest BCUT2D eigenvalue weighted by molar-refractivity contribution is 0.0693. The van der Waals surface area contributed by atoms with Crippen molar-refractivity contribution in [2.45, 2.75) is 13.8 Å². The molecule has 0 fully saturated rings. The van der Waals surface area contributed by atoms with Crippen molar-refractivity contribution in [2.24, 2.45) is 0 Å². The summed E-state index contributed by atoms with van der Waals surface area (Å²) in [5.41, 5.74) is 1.96. The number of aromatic carboxylic acids is 1. The number of carboxylic acid groups (broad SMARTS) is 1. The predicted molar refractivity (Wildman–Crippen MR) is 72.2 cm³/mol. The smallest absolute Gasteiger partial charge is 0.341 e. The lowest BCUT2D eigenvalue weighted by Crippen LogP contribution is -2.02. The quantitative estimate of drug-likeness (QED) is 0.866. The van der Waals surface area contributed by atoms with Gasteiger partial charge in [0.05, 0.1) is 0 Å². The zero-order chi connectivity index (χ0) is 14.0. The van der Waals surface area contributed by atoms with Gasteiger partial charge >= 0.3 is 5.97 Å². The summed E-state index contributed by atoms with van der Waals surface area (Å²) in [6.45, 7) is 3.85. The lowest BCUT2D eigenvalue weighted by atomic mass is 10.1. The first-order chi connectivity index (χ1) is 8.99. The first-order valence-electron chi connectivity index (χ1n) is 5.63. The minimum Gasteiger partial charge on any atom is -0.477 e. The second kappa shape index (κ2) is 5.28. The summed E-state index contributed by atoms with van der Waals surface area (Å²) < 4.78 is 5.59. The van der Waals surface area contributed by atoms with Gasteiger partial charge < -0.3 is 9.84 Å². The number of halogens is 1. The van der Waals surface area contributed by atoms with Crippen molar-refractivity contribution < 1.29 is 14.6 Å². The fourth-order valence-electron chi connectivity index (χ4n) is 1.60. The zero-order valence-electron chi connectivity index (χ0n) is 10.5. The standard InChI is InChI=1S/C14H12ClNO3/c1-8-4-3-5-11(9(8)2)19-13-10(14(17)18)6-7-12(15)16-13/h3-7H,1-2H3,(H,17,18). The number of benzene rings is 1. The Morgan fingerprint density at radius 3 is 2.68 bits per heavy atom. The topological polar surface area (TPSA) is 59.4 Å². The molecule has 0 amide bonds. The maximum Gasteiger partial charge on any atom is 0.341 e. The Bertz CT molecular complexity index is 641. The molecule has 4 nitrogen and oxygen atoms in total. The van der Waals surface area contributed by atoms with Gasteiger partial charge in [0, 0.05) is 0 Å². The summed E-state index contributed by atoms with van der Waals surface area (Å²) in [6, 6.07) is 8.34. The molecule has 1 heterocycles. The maximum atomic E-state index is 11.1. The molecule has 0 spiro atoms. The molecule has 0 saturated heterocycles. The monoisotopic (exact) mass is 277 g/mol. The molecule has 0 aliphatic rings. The van der Waals surface area contributed by atoms with Crippen LogP contribution < -0.4 is 4.74 Å². The Morgan fingerprint density at radius 2 is 2.00 bits per heavy atom. The minimum atomic E-state index is -1.11. The van der Waals surface area contributed by atoms with Crippen LogP contribution in [0.4, 0.5) is 0 Å². The van der Waals surface area contributed by atoms with Crippen molar-refractivity contribution in [3.63, 3.8) is 0 Å². The summed E-state index contributed by atoms with van der Waals surface area (Å²) >= 11 is 5.77.